The standard InChI is InChI=1S/C37H50FN7O4/c1-6-45(26(2)3)36(46)29-18-27(38)8-9-32(29)49-34-21-39-25-41-35(34)44-23-37(24-44)19-28(20-37)48-33-10-12-40-31-11-15-43(22-30(31)33)14-7-13-42(4)16-17-47-5/h8-10,12,18,21,25-26,28H,6-7,11,13-17,19-20,22-24H2,1-5H3. The van der Waals surface area contributed by atoms with Gasteiger partial charge in [0.05, 0.1) is 18.4 Å². The molecule has 1 aromatic carbocycles. The second-order valence-corrected chi connectivity index (χ2v) is 14.1. The third kappa shape index (κ3) is 7.97. The van der Waals surface area contributed by atoms with Crippen LogP contribution in [0.5, 0.6) is 17.2 Å². The molecule has 1 aliphatic carbocycles. The van der Waals surface area contributed by atoms with E-state index in [0.29, 0.717) is 18.1 Å². The second-order valence-electron chi connectivity index (χ2n) is 14.1. The molecule has 11 nitrogen and oxygen atoms in total. The Bertz CT molecular complexity index is 1590. The number of benzene rings is 1. The summed E-state index contributed by atoms with van der Waals surface area (Å²) in [4.78, 5) is 35.5. The second kappa shape index (κ2) is 15.3. The van der Waals surface area contributed by atoms with Crippen LogP contribution in [-0.2, 0) is 17.7 Å². The molecule has 0 radical (unpaired) electrons. The van der Waals surface area contributed by atoms with Crippen LogP contribution in [0.25, 0.3) is 0 Å². The molecular weight excluding hydrogens is 625 g/mol. The van der Waals surface area contributed by atoms with Crippen LogP contribution in [-0.4, -0.2) is 114 Å². The molecule has 0 unspecified atom stereocenters. The Morgan fingerprint density at radius 1 is 1.12 bits per heavy atom. The maximum atomic E-state index is 14.3. The highest BCUT2D eigenvalue weighted by Gasteiger charge is 2.54. The Kier molecular flexibility index (Phi) is 11.0. The van der Waals surface area contributed by atoms with Crippen molar-refractivity contribution in [3.63, 3.8) is 0 Å². The van der Waals surface area contributed by atoms with Crippen molar-refractivity contribution in [3.05, 3.63) is 65.6 Å². The average Bonchev–Trinajstić information content (AvgIpc) is 3.05. The van der Waals surface area contributed by atoms with Gasteiger partial charge in [-0.15, -0.1) is 0 Å². The summed E-state index contributed by atoms with van der Waals surface area (Å²) in [6.07, 6.45) is 9.16. The number of pyridine rings is 1. The van der Waals surface area contributed by atoms with Crippen molar-refractivity contribution in [1.82, 2.24) is 29.7 Å². The number of halogens is 1. The number of hydrogen-bond acceptors (Lipinski definition) is 10. The van der Waals surface area contributed by atoms with Gasteiger partial charge >= 0.3 is 0 Å². The molecule has 2 aliphatic heterocycles. The number of likely N-dealkylation sites (N-methyl/N-ethyl adjacent to an activating group) is 1. The SMILES string of the molecule is CCN(C(=O)c1cc(F)ccc1Oc1cncnc1N1CC2(CC(Oc3ccnc4c3CN(CCCN(C)CCOC)CC4)C2)C1)C(C)C. The van der Waals surface area contributed by atoms with Crippen LogP contribution in [0, 0.1) is 11.2 Å². The van der Waals surface area contributed by atoms with E-state index < -0.39 is 5.82 Å². The molecule has 1 saturated heterocycles. The van der Waals surface area contributed by atoms with E-state index in [1.807, 2.05) is 33.0 Å². The maximum Gasteiger partial charge on any atom is 0.257 e. The summed E-state index contributed by atoms with van der Waals surface area (Å²) in [5.41, 5.74) is 2.73. The van der Waals surface area contributed by atoms with Gasteiger partial charge in [0.2, 0.25) is 0 Å². The summed E-state index contributed by atoms with van der Waals surface area (Å²) in [6, 6.07) is 6.03. The maximum absolute atomic E-state index is 14.3. The van der Waals surface area contributed by atoms with Gasteiger partial charge in [-0.05, 0) is 84.4 Å². The predicted molar refractivity (Wildman–Crippen MR) is 186 cm³/mol. The predicted octanol–water partition coefficient (Wildman–Crippen LogP) is 5.05. The van der Waals surface area contributed by atoms with Crippen LogP contribution in [0.2, 0.25) is 0 Å². The van der Waals surface area contributed by atoms with Crippen molar-refractivity contribution in [2.24, 2.45) is 5.41 Å². The van der Waals surface area contributed by atoms with Crippen molar-refractivity contribution in [2.45, 2.75) is 65.1 Å². The van der Waals surface area contributed by atoms with E-state index in [9.17, 15) is 9.18 Å². The molecule has 0 N–H and O–H groups in total. The minimum Gasteiger partial charge on any atom is -0.490 e. The Morgan fingerprint density at radius 3 is 2.69 bits per heavy atom. The number of aromatic nitrogens is 3. The van der Waals surface area contributed by atoms with Gasteiger partial charge in [-0.3, -0.25) is 14.7 Å². The van der Waals surface area contributed by atoms with Crippen LogP contribution < -0.4 is 14.4 Å². The lowest BCUT2D eigenvalue weighted by Gasteiger charge is -2.59. The fourth-order valence-electron chi connectivity index (χ4n) is 7.43. The molecule has 3 aromatic rings. The van der Waals surface area contributed by atoms with Gasteiger partial charge in [0, 0.05) is 81.7 Å². The average molecular weight is 676 g/mol. The molecule has 2 aromatic heterocycles. The number of amides is 1. The summed E-state index contributed by atoms with van der Waals surface area (Å²) >= 11 is 0. The molecule has 6 rings (SSSR count). The van der Waals surface area contributed by atoms with Crippen molar-refractivity contribution in [2.75, 3.05) is 71.5 Å². The highest BCUT2D eigenvalue weighted by molar-refractivity contribution is 5.97. The van der Waals surface area contributed by atoms with Crippen LogP contribution in [0.15, 0.2) is 43.0 Å². The van der Waals surface area contributed by atoms with Gasteiger partial charge in [0.15, 0.2) is 11.6 Å². The highest BCUT2D eigenvalue weighted by atomic mass is 19.1. The summed E-state index contributed by atoms with van der Waals surface area (Å²) in [5.74, 6) is 1.58. The number of hydrogen-bond donors (Lipinski definition) is 0. The molecule has 1 amide bonds. The van der Waals surface area contributed by atoms with E-state index in [1.54, 1.807) is 18.2 Å². The number of methoxy groups -OCH3 is 1. The molecular formula is C37H50FN7O4. The van der Waals surface area contributed by atoms with Gasteiger partial charge in [0.1, 0.15) is 29.7 Å². The van der Waals surface area contributed by atoms with Crippen LogP contribution in [0.4, 0.5) is 10.2 Å². The van der Waals surface area contributed by atoms with Gasteiger partial charge in [-0.25, -0.2) is 14.4 Å². The highest BCUT2D eigenvalue weighted by Crippen LogP contribution is 2.52. The van der Waals surface area contributed by atoms with Crippen molar-refractivity contribution < 1.29 is 23.4 Å². The minimum atomic E-state index is -0.492. The molecule has 4 heterocycles. The number of carbonyl (C=O) groups excluding carboxylic acids is 1. The molecule has 12 heteroatoms. The third-order valence-corrected chi connectivity index (χ3v) is 10.1. The molecule has 1 spiro atoms. The number of fused-ring (bicyclic) bond motifs is 1. The lowest BCUT2D eigenvalue weighted by molar-refractivity contribution is -0.0352. The Hall–Kier alpha value is -3.87. The number of nitrogens with zero attached hydrogens (tertiary/aromatic N) is 7. The smallest absolute Gasteiger partial charge is 0.257 e. The largest absolute Gasteiger partial charge is 0.490 e. The lowest BCUT2D eigenvalue weighted by atomic mass is 9.61. The molecule has 264 valence electrons. The Labute approximate surface area is 289 Å². The number of ether oxygens (including phenoxy) is 3. The van der Waals surface area contributed by atoms with Crippen molar-refractivity contribution in [1.29, 1.82) is 0 Å². The van der Waals surface area contributed by atoms with E-state index in [2.05, 4.69) is 36.7 Å². The summed E-state index contributed by atoms with van der Waals surface area (Å²) < 4.78 is 32.4. The molecule has 3 aliphatic rings. The summed E-state index contributed by atoms with van der Waals surface area (Å²) in [5, 5.41) is 0. The normalized spacial score (nSPS) is 17.2. The van der Waals surface area contributed by atoms with Gasteiger partial charge in [-0.1, -0.05) is 0 Å². The van der Waals surface area contributed by atoms with Gasteiger partial charge in [-0.2, -0.15) is 0 Å². The monoisotopic (exact) mass is 675 g/mol. The zero-order valence-electron chi connectivity index (χ0n) is 29.5. The summed E-state index contributed by atoms with van der Waals surface area (Å²) in [7, 11) is 3.89. The summed E-state index contributed by atoms with van der Waals surface area (Å²) in [6.45, 7) is 13.6. The molecule has 2 fully saturated rings. The van der Waals surface area contributed by atoms with E-state index in [-0.39, 0.29) is 34.8 Å². The van der Waals surface area contributed by atoms with E-state index >= 15 is 0 Å². The van der Waals surface area contributed by atoms with Gasteiger partial charge < -0.3 is 28.9 Å². The van der Waals surface area contributed by atoms with E-state index in [0.717, 1.165) is 89.5 Å². The number of anilines is 1. The van der Waals surface area contributed by atoms with Crippen molar-refractivity contribution in [3.8, 4) is 17.2 Å². The van der Waals surface area contributed by atoms with Gasteiger partial charge in [0.25, 0.3) is 5.91 Å². The van der Waals surface area contributed by atoms with Crippen LogP contribution in [0.3, 0.4) is 0 Å². The first kappa shape index (κ1) is 35.0. The first-order chi connectivity index (χ1) is 23.7. The number of carbonyl (C=O) groups is 1. The first-order valence-electron chi connectivity index (χ1n) is 17.5. The van der Waals surface area contributed by atoms with E-state index in [1.165, 1.54) is 30.1 Å². The number of rotatable bonds is 15. The fraction of sp³-hybridized carbons (Fsp3) is 0.568. The van der Waals surface area contributed by atoms with Crippen LogP contribution in [0.1, 0.15) is 61.6 Å². The third-order valence-electron chi connectivity index (χ3n) is 10.1. The Morgan fingerprint density at radius 2 is 1.94 bits per heavy atom. The molecule has 49 heavy (non-hydrogen) atoms. The quantitative estimate of drug-likeness (QED) is 0.218. The zero-order chi connectivity index (χ0) is 34.5. The fourth-order valence-corrected chi connectivity index (χ4v) is 7.43. The Balaban J connectivity index is 1.04. The topological polar surface area (TPSA) is 96.4 Å². The molecule has 1 saturated carbocycles. The first-order valence-corrected chi connectivity index (χ1v) is 17.5. The van der Waals surface area contributed by atoms with E-state index in [4.69, 9.17) is 14.2 Å². The van der Waals surface area contributed by atoms with Crippen LogP contribution >= 0.6 is 0 Å². The molecule has 0 atom stereocenters. The zero-order valence-corrected chi connectivity index (χ0v) is 29.5. The minimum absolute atomic E-state index is 0.0376. The molecule has 0 bridgehead atoms. The van der Waals surface area contributed by atoms with Crippen molar-refractivity contribution >= 4 is 11.7 Å². The lowest BCUT2D eigenvalue weighted by Crippen LogP contribution is -2.65.